The normalized spacial score (nSPS) is 10.2. The second-order valence-corrected chi connectivity index (χ2v) is 6.02. The number of para-hydroxylation sites is 1. The molecule has 0 heterocycles. The largest absolute Gasteiger partial charge is 0.457 e. The summed E-state index contributed by atoms with van der Waals surface area (Å²) in [5, 5.41) is 0.928. The lowest BCUT2D eigenvalue weighted by Gasteiger charge is -2.06. The second-order valence-electron chi connectivity index (χ2n) is 3.28. The number of hydrogen-bond donors (Lipinski definition) is 1. The summed E-state index contributed by atoms with van der Waals surface area (Å²) in [4.78, 5) is 1.19. The first-order valence-electron chi connectivity index (χ1n) is 5.10. The van der Waals surface area contributed by atoms with Crippen LogP contribution in [0.2, 0.25) is 0 Å². The topological polar surface area (TPSA) is 9.23 Å². The summed E-state index contributed by atoms with van der Waals surface area (Å²) < 4.78 is 5.76. The molecule has 0 aromatic heterocycles. The first kappa shape index (κ1) is 12.7. The van der Waals surface area contributed by atoms with Crippen molar-refractivity contribution in [3.05, 3.63) is 54.6 Å². The molecule has 0 unspecified atom stereocenters. The summed E-state index contributed by atoms with van der Waals surface area (Å²) in [7, 11) is 1.52. The molecular formula is C13H12OS3. The first-order chi connectivity index (χ1) is 8.38. The van der Waals surface area contributed by atoms with Crippen LogP contribution >= 0.6 is 34.2 Å². The predicted molar refractivity (Wildman–Crippen MR) is 80.3 cm³/mol. The summed E-state index contributed by atoms with van der Waals surface area (Å²) in [5.74, 6) is 1.73. The Morgan fingerprint density at radius 2 is 1.71 bits per heavy atom. The van der Waals surface area contributed by atoms with Gasteiger partial charge in [0.15, 0.2) is 0 Å². The van der Waals surface area contributed by atoms with Gasteiger partial charge < -0.3 is 4.74 Å². The summed E-state index contributed by atoms with van der Waals surface area (Å²) in [6.45, 7) is 0. The van der Waals surface area contributed by atoms with E-state index >= 15 is 0 Å². The molecule has 0 spiro atoms. The van der Waals surface area contributed by atoms with E-state index in [2.05, 4.69) is 17.7 Å². The lowest BCUT2D eigenvalue weighted by Crippen LogP contribution is -1.83. The Balaban J connectivity index is 2.06. The third-order valence-corrected chi connectivity index (χ3v) is 4.49. The molecule has 2 aromatic carbocycles. The van der Waals surface area contributed by atoms with Crippen LogP contribution in [0.3, 0.4) is 0 Å². The lowest BCUT2D eigenvalue weighted by molar-refractivity contribution is 0.481. The standard InChI is InChI=1S/C13H12OS3/c15-17-10-16-13-8-4-7-12(9-13)14-11-5-2-1-3-6-11/h1-9,15H,10H2. The van der Waals surface area contributed by atoms with Crippen molar-refractivity contribution in [1.29, 1.82) is 0 Å². The molecule has 0 bridgehead atoms. The number of rotatable bonds is 5. The van der Waals surface area contributed by atoms with Crippen molar-refractivity contribution < 1.29 is 4.74 Å². The fourth-order valence-corrected chi connectivity index (χ4v) is 2.95. The van der Waals surface area contributed by atoms with E-state index in [0.29, 0.717) is 0 Å². The Morgan fingerprint density at radius 1 is 0.941 bits per heavy atom. The van der Waals surface area contributed by atoms with Crippen molar-refractivity contribution in [2.75, 3.05) is 5.08 Å². The van der Waals surface area contributed by atoms with E-state index in [1.807, 2.05) is 48.5 Å². The van der Waals surface area contributed by atoms with E-state index < -0.39 is 0 Å². The molecule has 0 atom stereocenters. The zero-order chi connectivity index (χ0) is 11.9. The van der Waals surface area contributed by atoms with Crippen LogP contribution in [0.5, 0.6) is 11.5 Å². The van der Waals surface area contributed by atoms with Gasteiger partial charge in [0.1, 0.15) is 11.5 Å². The molecule has 0 saturated carbocycles. The van der Waals surface area contributed by atoms with Crippen molar-refractivity contribution in [3.63, 3.8) is 0 Å². The molecule has 88 valence electrons. The van der Waals surface area contributed by atoms with Crippen molar-refractivity contribution in [1.82, 2.24) is 0 Å². The molecule has 0 aliphatic heterocycles. The monoisotopic (exact) mass is 280 g/mol. The van der Waals surface area contributed by atoms with Crippen molar-refractivity contribution in [3.8, 4) is 11.5 Å². The van der Waals surface area contributed by atoms with Gasteiger partial charge >= 0.3 is 0 Å². The molecular weight excluding hydrogens is 268 g/mol. The average Bonchev–Trinajstić information content (AvgIpc) is 2.38. The van der Waals surface area contributed by atoms with Gasteiger partial charge in [-0.3, -0.25) is 0 Å². The Kier molecular flexibility index (Phi) is 5.16. The third kappa shape index (κ3) is 4.22. The van der Waals surface area contributed by atoms with Crippen molar-refractivity contribution >= 4 is 34.2 Å². The maximum atomic E-state index is 5.76. The van der Waals surface area contributed by atoms with Gasteiger partial charge in [0, 0.05) is 4.90 Å². The smallest absolute Gasteiger partial charge is 0.128 e. The highest BCUT2D eigenvalue weighted by Gasteiger charge is 1.99. The van der Waals surface area contributed by atoms with Crippen LogP contribution in [-0.2, 0) is 0 Å². The van der Waals surface area contributed by atoms with Crippen LogP contribution in [0, 0.1) is 0 Å². The van der Waals surface area contributed by atoms with Crippen LogP contribution in [0.4, 0.5) is 0 Å². The third-order valence-electron chi connectivity index (χ3n) is 2.06. The van der Waals surface area contributed by atoms with Crippen LogP contribution in [0.15, 0.2) is 59.5 Å². The fraction of sp³-hybridized carbons (Fsp3) is 0.0769. The molecule has 0 N–H and O–H groups in total. The average molecular weight is 280 g/mol. The number of ether oxygens (including phenoxy) is 1. The highest BCUT2D eigenvalue weighted by atomic mass is 33.1. The zero-order valence-electron chi connectivity index (χ0n) is 9.08. The fourth-order valence-electron chi connectivity index (χ4n) is 1.35. The van der Waals surface area contributed by atoms with E-state index in [0.717, 1.165) is 16.6 Å². The van der Waals surface area contributed by atoms with Crippen LogP contribution in [0.1, 0.15) is 0 Å². The molecule has 0 aliphatic rings. The molecule has 0 fully saturated rings. The van der Waals surface area contributed by atoms with Crippen molar-refractivity contribution in [2.24, 2.45) is 0 Å². The van der Waals surface area contributed by atoms with E-state index in [-0.39, 0.29) is 0 Å². The minimum atomic E-state index is 0.859. The minimum Gasteiger partial charge on any atom is -0.457 e. The Morgan fingerprint density at radius 3 is 2.47 bits per heavy atom. The van der Waals surface area contributed by atoms with Gasteiger partial charge in [-0.05, 0) is 30.3 Å². The summed E-state index contributed by atoms with van der Waals surface area (Å²) in [6.07, 6.45) is 0. The number of benzene rings is 2. The number of thiol groups is 1. The zero-order valence-corrected chi connectivity index (χ0v) is 11.6. The quantitative estimate of drug-likeness (QED) is 0.353. The maximum absolute atomic E-state index is 5.76. The molecule has 0 amide bonds. The van der Waals surface area contributed by atoms with Gasteiger partial charge in [-0.1, -0.05) is 35.1 Å². The Bertz CT molecular complexity index is 459. The molecule has 2 rings (SSSR count). The van der Waals surface area contributed by atoms with Crippen molar-refractivity contribution in [2.45, 2.75) is 4.90 Å². The molecule has 1 nitrogen and oxygen atoms in total. The van der Waals surface area contributed by atoms with E-state index in [4.69, 9.17) is 4.74 Å². The van der Waals surface area contributed by atoms with Gasteiger partial charge in [0.05, 0.1) is 5.08 Å². The first-order valence-corrected chi connectivity index (χ1v) is 8.13. The number of thioether (sulfide) groups is 1. The summed E-state index contributed by atoms with van der Waals surface area (Å²) >= 11 is 5.87. The molecule has 0 aliphatic carbocycles. The lowest BCUT2D eigenvalue weighted by atomic mass is 10.3. The van der Waals surface area contributed by atoms with Crippen LogP contribution in [-0.4, -0.2) is 5.08 Å². The van der Waals surface area contributed by atoms with E-state index in [1.165, 1.54) is 15.7 Å². The second kappa shape index (κ2) is 6.89. The van der Waals surface area contributed by atoms with E-state index in [9.17, 15) is 0 Å². The predicted octanol–water partition coefficient (Wildman–Crippen LogP) is 5.11. The highest BCUT2D eigenvalue weighted by Crippen LogP contribution is 2.29. The van der Waals surface area contributed by atoms with Gasteiger partial charge in [0.25, 0.3) is 0 Å². The molecule has 4 heteroatoms. The Labute approximate surface area is 115 Å². The van der Waals surface area contributed by atoms with Crippen LogP contribution < -0.4 is 4.74 Å². The summed E-state index contributed by atoms with van der Waals surface area (Å²) in [6, 6.07) is 17.9. The van der Waals surface area contributed by atoms with Gasteiger partial charge in [-0.15, -0.1) is 23.4 Å². The molecule has 0 saturated heterocycles. The van der Waals surface area contributed by atoms with E-state index in [1.54, 1.807) is 11.8 Å². The van der Waals surface area contributed by atoms with Crippen LogP contribution in [0.25, 0.3) is 0 Å². The maximum Gasteiger partial charge on any atom is 0.128 e. The molecule has 17 heavy (non-hydrogen) atoms. The highest BCUT2D eigenvalue weighted by molar-refractivity contribution is 8.70. The Hall–Kier alpha value is -0.710. The summed E-state index contributed by atoms with van der Waals surface area (Å²) in [5.41, 5.74) is 0. The number of hydrogen-bond acceptors (Lipinski definition) is 4. The van der Waals surface area contributed by atoms with Gasteiger partial charge in [-0.25, -0.2) is 0 Å². The SMILES string of the molecule is SSCSc1cccc(Oc2ccccc2)c1. The van der Waals surface area contributed by atoms with Gasteiger partial charge in [0.2, 0.25) is 0 Å². The molecule has 2 aromatic rings. The van der Waals surface area contributed by atoms with Gasteiger partial charge in [-0.2, -0.15) is 0 Å². The molecule has 0 radical (unpaired) electrons. The minimum absolute atomic E-state index is 0.859.